The Kier molecular flexibility index (Phi) is 5.77. The maximum absolute atomic E-state index is 6.05. The summed E-state index contributed by atoms with van der Waals surface area (Å²) in [6, 6.07) is 17.0. The predicted molar refractivity (Wildman–Crippen MR) is 102 cm³/mol. The van der Waals surface area contributed by atoms with Gasteiger partial charge in [0.25, 0.3) is 0 Å². The summed E-state index contributed by atoms with van der Waals surface area (Å²) in [5, 5.41) is 0. The molecule has 0 saturated carbocycles. The zero-order chi connectivity index (χ0) is 17.7. The first-order valence-corrected chi connectivity index (χ1v) is 9.12. The fraction of sp³-hybridized carbons (Fsp3) is 0.455. The number of hydrogen-bond acceptors (Lipinski definition) is 3. The van der Waals surface area contributed by atoms with E-state index in [-0.39, 0.29) is 5.41 Å². The second-order valence-electron chi connectivity index (χ2n) is 7.72. The van der Waals surface area contributed by atoms with Gasteiger partial charge in [-0.2, -0.15) is 0 Å². The van der Waals surface area contributed by atoms with Crippen LogP contribution in [0.1, 0.15) is 37.5 Å². The maximum Gasteiger partial charge on any atom is 0.119 e. The lowest BCUT2D eigenvalue weighted by atomic mass is 9.87. The number of hydrogen-bond donors (Lipinski definition) is 0. The van der Waals surface area contributed by atoms with Gasteiger partial charge < -0.3 is 9.47 Å². The number of benzene rings is 2. The van der Waals surface area contributed by atoms with Crippen molar-refractivity contribution in [2.24, 2.45) is 0 Å². The van der Waals surface area contributed by atoms with E-state index in [1.165, 1.54) is 16.7 Å². The summed E-state index contributed by atoms with van der Waals surface area (Å²) in [5.41, 5.74) is 4.10. The summed E-state index contributed by atoms with van der Waals surface area (Å²) < 4.78 is 11.5. The van der Waals surface area contributed by atoms with Crippen LogP contribution in [0, 0.1) is 0 Å². The maximum atomic E-state index is 6.05. The average molecular weight is 339 g/mol. The van der Waals surface area contributed by atoms with Crippen LogP contribution >= 0.6 is 0 Å². The van der Waals surface area contributed by atoms with E-state index in [1.807, 2.05) is 0 Å². The number of rotatable bonds is 5. The first-order chi connectivity index (χ1) is 12.0. The Morgan fingerprint density at radius 1 is 0.920 bits per heavy atom. The fourth-order valence-electron chi connectivity index (χ4n) is 3.06. The smallest absolute Gasteiger partial charge is 0.119 e. The van der Waals surface area contributed by atoms with Crippen LogP contribution in [0.25, 0.3) is 0 Å². The van der Waals surface area contributed by atoms with Crippen LogP contribution in [0.15, 0.2) is 48.5 Å². The van der Waals surface area contributed by atoms with E-state index >= 15 is 0 Å². The standard InChI is InChI=1S/C22H29NO2/c1-22(2,3)20-8-10-21(11-9-20)25-17-19-7-5-4-6-18(19)16-23-12-14-24-15-13-23/h4-11H,12-17H2,1-3H3. The fourth-order valence-corrected chi connectivity index (χ4v) is 3.06. The minimum Gasteiger partial charge on any atom is -0.489 e. The summed E-state index contributed by atoms with van der Waals surface area (Å²) in [4.78, 5) is 2.44. The molecule has 3 rings (SSSR count). The highest BCUT2D eigenvalue weighted by Crippen LogP contribution is 2.25. The van der Waals surface area contributed by atoms with Crippen molar-refractivity contribution in [3.05, 3.63) is 65.2 Å². The van der Waals surface area contributed by atoms with Gasteiger partial charge >= 0.3 is 0 Å². The lowest BCUT2D eigenvalue weighted by Gasteiger charge is -2.27. The monoisotopic (exact) mass is 339 g/mol. The van der Waals surface area contributed by atoms with Crippen molar-refractivity contribution < 1.29 is 9.47 Å². The Labute approximate surface area is 151 Å². The third-order valence-electron chi connectivity index (χ3n) is 4.73. The normalized spacial score (nSPS) is 16.0. The highest BCUT2D eigenvalue weighted by Gasteiger charge is 2.14. The first-order valence-electron chi connectivity index (χ1n) is 9.12. The Morgan fingerprint density at radius 3 is 2.20 bits per heavy atom. The SMILES string of the molecule is CC(C)(C)c1ccc(OCc2ccccc2CN2CCOCC2)cc1. The van der Waals surface area contributed by atoms with Crippen molar-refractivity contribution >= 4 is 0 Å². The van der Waals surface area contributed by atoms with Gasteiger partial charge in [0, 0.05) is 19.6 Å². The summed E-state index contributed by atoms with van der Waals surface area (Å²) >= 11 is 0. The molecule has 0 aliphatic carbocycles. The van der Waals surface area contributed by atoms with Gasteiger partial charge in [-0.3, -0.25) is 4.90 Å². The zero-order valence-electron chi connectivity index (χ0n) is 15.6. The average Bonchev–Trinajstić information content (AvgIpc) is 2.61. The topological polar surface area (TPSA) is 21.7 Å². The van der Waals surface area contributed by atoms with Gasteiger partial charge in [0.05, 0.1) is 13.2 Å². The van der Waals surface area contributed by atoms with Crippen LogP contribution in [0.5, 0.6) is 5.75 Å². The van der Waals surface area contributed by atoms with E-state index in [1.54, 1.807) is 0 Å². The third kappa shape index (κ3) is 5.07. The van der Waals surface area contributed by atoms with Crippen molar-refractivity contribution in [3.8, 4) is 5.75 Å². The van der Waals surface area contributed by atoms with Gasteiger partial charge in [0.15, 0.2) is 0 Å². The number of morpholine rings is 1. The number of ether oxygens (including phenoxy) is 2. The van der Waals surface area contributed by atoms with E-state index in [9.17, 15) is 0 Å². The molecule has 0 N–H and O–H groups in total. The zero-order valence-corrected chi connectivity index (χ0v) is 15.6. The molecule has 0 amide bonds. The molecular weight excluding hydrogens is 310 g/mol. The molecule has 3 heteroatoms. The molecule has 0 atom stereocenters. The number of nitrogens with zero attached hydrogens (tertiary/aromatic N) is 1. The minimum absolute atomic E-state index is 0.170. The summed E-state index contributed by atoms with van der Waals surface area (Å²) in [6.45, 7) is 11.9. The summed E-state index contributed by atoms with van der Waals surface area (Å²) in [5.74, 6) is 0.925. The molecule has 1 saturated heterocycles. The van der Waals surface area contributed by atoms with E-state index in [2.05, 4.69) is 74.2 Å². The molecule has 1 heterocycles. The third-order valence-corrected chi connectivity index (χ3v) is 4.73. The summed E-state index contributed by atoms with van der Waals surface area (Å²) in [6.07, 6.45) is 0. The van der Waals surface area contributed by atoms with Crippen molar-refractivity contribution in [2.75, 3.05) is 26.3 Å². The lowest BCUT2D eigenvalue weighted by Crippen LogP contribution is -2.35. The first kappa shape index (κ1) is 18.0. The molecule has 1 fully saturated rings. The highest BCUT2D eigenvalue weighted by atomic mass is 16.5. The molecule has 0 radical (unpaired) electrons. The molecule has 3 nitrogen and oxygen atoms in total. The second-order valence-corrected chi connectivity index (χ2v) is 7.72. The van der Waals surface area contributed by atoms with Gasteiger partial charge in [-0.15, -0.1) is 0 Å². The van der Waals surface area contributed by atoms with Crippen LogP contribution in [0.3, 0.4) is 0 Å². The van der Waals surface area contributed by atoms with Crippen LogP contribution in [-0.2, 0) is 23.3 Å². The van der Waals surface area contributed by atoms with Crippen molar-refractivity contribution in [1.29, 1.82) is 0 Å². The Balaban J connectivity index is 1.63. The Morgan fingerprint density at radius 2 is 1.56 bits per heavy atom. The van der Waals surface area contributed by atoms with Gasteiger partial charge in [-0.05, 0) is 34.2 Å². The van der Waals surface area contributed by atoms with Crippen molar-refractivity contribution in [2.45, 2.75) is 39.3 Å². The van der Waals surface area contributed by atoms with Crippen LogP contribution in [0.4, 0.5) is 0 Å². The van der Waals surface area contributed by atoms with Crippen LogP contribution < -0.4 is 4.74 Å². The van der Waals surface area contributed by atoms with E-state index < -0.39 is 0 Å². The Hall–Kier alpha value is -1.84. The van der Waals surface area contributed by atoms with Gasteiger partial charge in [0.2, 0.25) is 0 Å². The van der Waals surface area contributed by atoms with Crippen molar-refractivity contribution in [1.82, 2.24) is 4.90 Å². The molecule has 0 spiro atoms. The highest BCUT2D eigenvalue weighted by molar-refractivity contribution is 5.32. The molecule has 0 bridgehead atoms. The van der Waals surface area contributed by atoms with E-state index in [0.717, 1.165) is 38.6 Å². The van der Waals surface area contributed by atoms with Gasteiger partial charge in [-0.1, -0.05) is 57.2 Å². The second kappa shape index (κ2) is 8.03. The lowest BCUT2D eigenvalue weighted by molar-refractivity contribution is 0.0339. The Bertz CT molecular complexity index is 667. The molecule has 1 aliphatic heterocycles. The molecule has 2 aromatic rings. The van der Waals surface area contributed by atoms with Crippen LogP contribution in [-0.4, -0.2) is 31.2 Å². The molecule has 134 valence electrons. The van der Waals surface area contributed by atoms with Gasteiger partial charge in [0.1, 0.15) is 12.4 Å². The van der Waals surface area contributed by atoms with Gasteiger partial charge in [-0.25, -0.2) is 0 Å². The van der Waals surface area contributed by atoms with Crippen LogP contribution in [0.2, 0.25) is 0 Å². The van der Waals surface area contributed by atoms with E-state index in [4.69, 9.17) is 9.47 Å². The minimum atomic E-state index is 0.170. The molecular formula is C22H29NO2. The molecule has 1 aliphatic rings. The quantitative estimate of drug-likeness (QED) is 0.806. The summed E-state index contributed by atoms with van der Waals surface area (Å²) in [7, 11) is 0. The molecule has 0 unspecified atom stereocenters. The molecule has 25 heavy (non-hydrogen) atoms. The molecule has 0 aromatic heterocycles. The largest absolute Gasteiger partial charge is 0.489 e. The van der Waals surface area contributed by atoms with E-state index in [0.29, 0.717) is 6.61 Å². The molecule has 2 aromatic carbocycles. The predicted octanol–water partition coefficient (Wildman–Crippen LogP) is 4.40. The van der Waals surface area contributed by atoms with Crippen molar-refractivity contribution in [3.63, 3.8) is 0 Å².